The van der Waals surface area contributed by atoms with E-state index in [2.05, 4.69) is 10.3 Å². The summed E-state index contributed by atoms with van der Waals surface area (Å²) in [7, 11) is 0. The van der Waals surface area contributed by atoms with Crippen molar-refractivity contribution in [2.45, 2.75) is 13.5 Å². The average molecular weight is 252 g/mol. The predicted molar refractivity (Wildman–Crippen MR) is 76.3 cm³/mol. The van der Waals surface area contributed by atoms with Crippen molar-refractivity contribution >= 4 is 12.0 Å². The molecule has 1 heterocycles. The molecule has 0 aliphatic rings. The molecule has 3 nitrogen and oxygen atoms in total. The van der Waals surface area contributed by atoms with Crippen LogP contribution in [-0.2, 0) is 11.3 Å². The number of amides is 1. The molecule has 1 amide bonds. The summed E-state index contributed by atoms with van der Waals surface area (Å²) in [5, 5.41) is 2.84. The molecule has 0 unspecified atom stereocenters. The first-order valence-electron chi connectivity index (χ1n) is 6.15. The van der Waals surface area contributed by atoms with Gasteiger partial charge in [0.25, 0.3) is 0 Å². The number of nitrogens with one attached hydrogen (secondary N) is 1. The average Bonchev–Trinajstić information content (AvgIpc) is 2.45. The number of pyridine rings is 1. The third-order valence-electron chi connectivity index (χ3n) is 2.70. The molecule has 1 aromatic heterocycles. The molecule has 0 aliphatic carbocycles. The van der Waals surface area contributed by atoms with Gasteiger partial charge in [0, 0.05) is 25.0 Å². The first-order chi connectivity index (χ1) is 9.24. The minimum Gasteiger partial charge on any atom is -0.348 e. The fourth-order valence-electron chi connectivity index (χ4n) is 1.60. The second-order valence-corrected chi connectivity index (χ2v) is 4.32. The van der Waals surface area contributed by atoms with Gasteiger partial charge in [-0.25, -0.2) is 0 Å². The van der Waals surface area contributed by atoms with Crippen molar-refractivity contribution in [3.8, 4) is 0 Å². The van der Waals surface area contributed by atoms with Crippen LogP contribution >= 0.6 is 0 Å². The molecule has 3 heteroatoms. The molecule has 0 atom stereocenters. The highest BCUT2D eigenvalue weighted by molar-refractivity contribution is 5.91. The Bertz CT molecular complexity index is 559. The number of hydrogen-bond acceptors (Lipinski definition) is 2. The number of carbonyl (C=O) groups is 1. The molecule has 0 spiro atoms. The minimum atomic E-state index is -0.107. The third-order valence-corrected chi connectivity index (χ3v) is 2.70. The minimum absolute atomic E-state index is 0.107. The van der Waals surface area contributed by atoms with E-state index in [1.807, 2.05) is 43.3 Å². The first kappa shape index (κ1) is 13.0. The zero-order chi connectivity index (χ0) is 13.5. The topological polar surface area (TPSA) is 42.0 Å². The Morgan fingerprint density at radius 3 is 2.74 bits per heavy atom. The summed E-state index contributed by atoms with van der Waals surface area (Å²) < 4.78 is 0. The number of aromatic nitrogens is 1. The largest absolute Gasteiger partial charge is 0.348 e. The molecular weight excluding hydrogens is 236 g/mol. The number of rotatable bonds is 4. The van der Waals surface area contributed by atoms with Gasteiger partial charge in [-0.15, -0.1) is 0 Å². The Kier molecular flexibility index (Phi) is 4.45. The van der Waals surface area contributed by atoms with Crippen molar-refractivity contribution in [2.75, 3.05) is 0 Å². The van der Waals surface area contributed by atoms with Crippen molar-refractivity contribution in [3.05, 3.63) is 71.6 Å². The molecule has 1 N–H and O–H groups in total. The molecule has 0 saturated heterocycles. The predicted octanol–water partition coefficient (Wildman–Crippen LogP) is 2.72. The summed E-state index contributed by atoms with van der Waals surface area (Å²) in [5.41, 5.74) is 3.22. The van der Waals surface area contributed by atoms with Gasteiger partial charge < -0.3 is 5.32 Å². The van der Waals surface area contributed by atoms with Gasteiger partial charge in [-0.2, -0.15) is 0 Å². The summed E-state index contributed by atoms with van der Waals surface area (Å²) in [5.74, 6) is -0.107. The van der Waals surface area contributed by atoms with Gasteiger partial charge >= 0.3 is 0 Å². The monoisotopic (exact) mass is 252 g/mol. The van der Waals surface area contributed by atoms with Gasteiger partial charge in [-0.1, -0.05) is 35.9 Å². The maximum Gasteiger partial charge on any atom is 0.244 e. The smallest absolute Gasteiger partial charge is 0.244 e. The number of aryl methyl sites for hydroxylation is 1. The van der Waals surface area contributed by atoms with E-state index in [0.717, 1.165) is 11.1 Å². The van der Waals surface area contributed by atoms with E-state index in [1.54, 1.807) is 18.5 Å². The van der Waals surface area contributed by atoms with Crippen molar-refractivity contribution in [2.24, 2.45) is 0 Å². The van der Waals surface area contributed by atoms with Crippen LogP contribution in [0.1, 0.15) is 16.7 Å². The van der Waals surface area contributed by atoms with Crippen LogP contribution in [0.15, 0.2) is 54.9 Å². The second-order valence-electron chi connectivity index (χ2n) is 4.32. The summed E-state index contributed by atoms with van der Waals surface area (Å²) >= 11 is 0. The molecule has 0 aliphatic heterocycles. The molecule has 0 bridgehead atoms. The standard InChI is InChI=1S/C16H16N2O/c1-13-4-6-15(7-5-13)12-18-16(19)9-8-14-3-2-10-17-11-14/h2-11H,12H2,1H3,(H,18,19)/b9-8+. The SMILES string of the molecule is Cc1ccc(CNC(=O)/C=C/c2cccnc2)cc1. The van der Waals surface area contributed by atoms with Gasteiger partial charge in [0.1, 0.15) is 0 Å². The summed E-state index contributed by atoms with van der Waals surface area (Å²) in [6.45, 7) is 2.58. The quantitative estimate of drug-likeness (QED) is 0.850. The lowest BCUT2D eigenvalue weighted by molar-refractivity contribution is -0.116. The van der Waals surface area contributed by atoms with E-state index in [9.17, 15) is 4.79 Å². The molecular formula is C16H16N2O. The van der Waals surface area contributed by atoms with E-state index in [-0.39, 0.29) is 5.91 Å². The number of benzene rings is 1. The number of hydrogen-bond donors (Lipinski definition) is 1. The van der Waals surface area contributed by atoms with E-state index >= 15 is 0 Å². The van der Waals surface area contributed by atoms with Crippen LogP contribution in [0, 0.1) is 6.92 Å². The number of carbonyl (C=O) groups excluding carboxylic acids is 1. The van der Waals surface area contributed by atoms with Gasteiger partial charge in [0.2, 0.25) is 5.91 Å². The van der Waals surface area contributed by atoms with Crippen molar-refractivity contribution in [1.82, 2.24) is 10.3 Å². The normalized spacial score (nSPS) is 10.6. The molecule has 0 radical (unpaired) electrons. The van der Waals surface area contributed by atoms with Gasteiger partial charge in [0.15, 0.2) is 0 Å². The van der Waals surface area contributed by atoms with Gasteiger partial charge in [-0.3, -0.25) is 9.78 Å². The van der Waals surface area contributed by atoms with Gasteiger partial charge in [0.05, 0.1) is 0 Å². The summed E-state index contributed by atoms with van der Waals surface area (Å²) in [4.78, 5) is 15.6. The van der Waals surface area contributed by atoms with E-state index in [1.165, 1.54) is 11.6 Å². The van der Waals surface area contributed by atoms with Gasteiger partial charge in [-0.05, 0) is 30.2 Å². The zero-order valence-corrected chi connectivity index (χ0v) is 10.8. The van der Waals surface area contributed by atoms with Crippen LogP contribution < -0.4 is 5.32 Å². The van der Waals surface area contributed by atoms with Crippen LogP contribution in [-0.4, -0.2) is 10.9 Å². The highest BCUT2D eigenvalue weighted by Crippen LogP contribution is 2.02. The maximum atomic E-state index is 11.6. The zero-order valence-electron chi connectivity index (χ0n) is 10.8. The van der Waals surface area contributed by atoms with E-state index in [0.29, 0.717) is 6.54 Å². The van der Waals surface area contributed by atoms with Crippen molar-refractivity contribution in [3.63, 3.8) is 0 Å². The lowest BCUT2D eigenvalue weighted by Gasteiger charge is -2.02. The Hall–Kier alpha value is -2.42. The molecule has 19 heavy (non-hydrogen) atoms. The lowest BCUT2D eigenvalue weighted by atomic mass is 10.1. The van der Waals surface area contributed by atoms with Crippen LogP contribution in [0.5, 0.6) is 0 Å². The first-order valence-corrected chi connectivity index (χ1v) is 6.15. The fourth-order valence-corrected chi connectivity index (χ4v) is 1.60. The Balaban J connectivity index is 1.85. The Morgan fingerprint density at radius 2 is 2.05 bits per heavy atom. The molecule has 2 rings (SSSR count). The molecule has 0 fully saturated rings. The highest BCUT2D eigenvalue weighted by atomic mass is 16.1. The van der Waals surface area contributed by atoms with E-state index < -0.39 is 0 Å². The molecule has 1 aromatic carbocycles. The third kappa shape index (κ3) is 4.39. The molecule has 0 saturated carbocycles. The Morgan fingerprint density at radius 1 is 1.26 bits per heavy atom. The Labute approximate surface area is 113 Å². The summed E-state index contributed by atoms with van der Waals surface area (Å²) in [6, 6.07) is 11.8. The van der Waals surface area contributed by atoms with Crippen molar-refractivity contribution < 1.29 is 4.79 Å². The van der Waals surface area contributed by atoms with E-state index in [4.69, 9.17) is 0 Å². The van der Waals surface area contributed by atoms with Crippen LogP contribution in [0.4, 0.5) is 0 Å². The molecule has 2 aromatic rings. The summed E-state index contributed by atoms with van der Waals surface area (Å²) in [6.07, 6.45) is 6.68. The fraction of sp³-hybridized carbons (Fsp3) is 0.125. The maximum absolute atomic E-state index is 11.6. The lowest BCUT2D eigenvalue weighted by Crippen LogP contribution is -2.20. The van der Waals surface area contributed by atoms with Crippen LogP contribution in [0.25, 0.3) is 6.08 Å². The number of nitrogens with zero attached hydrogens (tertiary/aromatic N) is 1. The van der Waals surface area contributed by atoms with Crippen molar-refractivity contribution in [1.29, 1.82) is 0 Å². The molecule has 96 valence electrons. The second kappa shape index (κ2) is 6.50. The van der Waals surface area contributed by atoms with Crippen LogP contribution in [0.2, 0.25) is 0 Å². The highest BCUT2D eigenvalue weighted by Gasteiger charge is 1.96. The van der Waals surface area contributed by atoms with Crippen LogP contribution in [0.3, 0.4) is 0 Å².